The van der Waals surface area contributed by atoms with Crippen molar-refractivity contribution in [3.8, 4) is 0 Å². The van der Waals surface area contributed by atoms with Crippen LogP contribution >= 0.6 is 0 Å². The van der Waals surface area contributed by atoms with Gasteiger partial charge in [-0.2, -0.15) is 0 Å². The third kappa shape index (κ3) is 1.94. The van der Waals surface area contributed by atoms with Gasteiger partial charge in [-0.25, -0.2) is 14.5 Å². The Labute approximate surface area is 144 Å². The number of carbonyl (C=O) groups is 3. The zero-order chi connectivity index (χ0) is 17.6. The Morgan fingerprint density at radius 3 is 2.36 bits per heavy atom. The lowest BCUT2D eigenvalue weighted by molar-refractivity contribution is -0.147. The molecule has 2 aliphatic heterocycles. The fourth-order valence-electron chi connectivity index (χ4n) is 3.45. The second kappa shape index (κ2) is 5.44. The van der Waals surface area contributed by atoms with Crippen LogP contribution in [0.3, 0.4) is 0 Å². The normalized spacial score (nSPS) is 21.9. The predicted molar refractivity (Wildman–Crippen MR) is 89.9 cm³/mol. The lowest BCUT2D eigenvalue weighted by atomic mass is 9.98. The standard InChI is InChI=1S/C19H16N2O4/c1-2-12-20-18(24)21(13-8-4-3-5-9-13)17(23)19(20)15-11-7-6-10-14(15)16(22)25-19/h3-11H,2,12H2,1H3. The van der Waals surface area contributed by atoms with Gasteiger partial charge in [-0.3, -0.25) is 9.69 Å². The fourth-order valence-corrected chi connectivity index (χ4v) is 3.45. The maximum absolute atomic E-state index is 13.3. The minimum absolute atomic E-state index is 0.301. The molecule has 0 aliphatic carbocycles. The summed E-state index contributed by atoms with van der Waals surface area (Å²) in [6.45, 7) is 2.20. The van der Waals surface area contributed by atoms with Gasteiger partial charge in [0.05, 0.1) is 11.3 Å². The van der Waals surface area contributed by atoms with Crippen molar-refractivity contribution < 1.29 is 19.1 Å². The number of amides is 3. The second-order valence-corrected chi connectivity index (χ2v) is 5.99. The molecule has 0 aromatic heterocycles. The molecule has 1 spiro atoms. The van der Waals surface area contributed by atoms with Crippen molar-refractivity contribution in [2.45, 2.75) is 19.1 Å². The van der Waals surface area contributed by atoms with Crippen LogP contribution in [0.25, 0.3) is 0 Å². The zero-order valence-electron chi connectivity index (χ0n) is 13.6. The molecule has 1 saturated heterocycles. The SMILES string of the molecule is CCCN1C(=O)N(c2ccccc2)C(=O)C12OC(=O)c1ccccc12. The predicted octanol–water partition coefficient (Wildman–Crippen LogP) is 2.89. The Hall–Kier alpha value is -3.15. The molecule has 2 aliphatic rings. The number of para-hydroxylation sites is 1. The minimum Gasteiger partial charge on any atom is -0.421 e. The van der Waals surface area contributed by atoms with Gasteiger partial charge in [0.2, 0.25) is 0 Å². The van der Waals surface area contributed by atoms with Gasteiger partial charge in [-0.1, -0.05) is 43.3 Å². The van der Waals surface area contributed by atoms with Gasteiger partial charge in [0, 0.05) is 12.1 Å². The molecule has 6 nitrogen and oxygen atoms in total. The maximum Gasteiger partial charge on any atom is 0.341 e. The summed E-state index contributed by atoms with van der Waals surface area (Å²) in [5, 5.41) is 0. The number of ether oxygens (including phenoxy) is 1. The highest BCUT2D eigenvalue weighted by atomic mass is 16.6. The molecule has 0 bridgehead atoms. The molecule has 1 unspecified atom stereocenters. The van der Waals surface area contributed by atoms with Crippen LogP contribution in [0.2, 0.25) is 0 Å². The molecule has 25 heavy (non-hydrogen) atoms. The summed E-state index contributed by atoms with van der Waals surface area (Å²) in [7, 11) is 0. The molecule has 2 aromatic rings. The van der Waals surface area contributed by atoms with Gasteiger partial charge in [0.25, 0.3) is 5.72 Å². The van der Waals surface area contributed by atoms with Gasteiger partial charge in [0.1, 0.15) is 0 Å². The lowest BCUT2D eigenvalue weighted by Crippen LogP contribution is -2.47. The molecular formula is C19H16N2O4. The maximum atomic E-state index is 13.3. The summed E-state index contributed by atoms with van der Waals surface area (Å²) in [6.07, 6.45) is 0.628. The van der Waals surface area contributed by atoms with Crippen LogP contribution in [-0.2, 0) is 15.3 Å². The molecule has 0 N–H and O–H groups in total. The van der Waals surface area contributed by atoms with Crippen LogP contribution in [0.5, 0.6) is 0 Å². The van der Waals surface area contributed by atoms with Crippen LogP contribution in [-0.4, -0.2) is 29.4 Å². The summed E-state index contributed by atoms with van der Waals surface area (Å²) in [4.78, 5) is 41.1. The topological polar surface area (TPSA) is 66.9 Å². The van der Waals surface area contributed by atoms with Crippen LogP contribution < -0.4 is 4.90 Å². The molecule has 3 amide bonds. The first kappa shape index (κ1) is 15.4. The van der Waals surface area contributed by atoms with Crippen molar-refractivity contribution in [3.63, 3.8) is 0 Å². The second-order valence-electron chi connectivity index (χ2n) is 5.99. The highest BCUT2D eigenvalue weighted by molar-refractivity contribution is 6.24. The van der Waals surface area contributed by atoms with E-state index >= 15 is 0 Å². The number of anilines is 1. The first-order chi connectivity index (χ1) is 12.1. The van der Waals surface area contributed by atoms with Crippen molar-refractivity contribution in [1.29, 1.82) is 0 Å². The number of benzene rings is 2. The van der Waals surface area contributed by atoms with Gasteiger partial charge in [-0.05, 0) is 24.6 Å². The molecule has 0 saturated carbocycles. The number of hydrogen-bond donors (Lipinski definition) is 0. The van der Waals surface area contributed by atoms with Crippen molar-refractivity contribution in [3.05, 3.63) is 65.7 Å². The van der Waals surface area contributed by atoms with E-state index in [1.165, 1.54) is 4.90 Å². The van der Waals surface area contributed by atoms with E-state index in [1.54, 1.807) is 54.6 Å². The van der Waals surface area contributed by atoms with Crippen molar-refractivity contribution in [2.75, 3.05) is 11.4 Å². The number of fused-ring (bicyclic) bond motifs is 2. The van der Waals surface area contributed by atoms with E-state index in [2.05, 4.69) is 0 Å². The van der Waals surface area contributed by atoms with E-state index < -0.39 is 23.6 Å². The number of hydrogen-bond acceptors (Lipinski definition) is 4. The summed E-state index contributed by atoms with van der Waals surface area (Å²) in [5.74, 6) is -1.15. The van der Waals surface area contributed by atoms with Crippen LogP contribution in [0, 0.1) is 0 Å². The molecular weight excluding hydrogens is 320 g/mol. The smallest absolute Gasteiger partial charge is 0.341 e. The van der Waals surface area contributed by atoms with E-state index in [4.69, 9.17) is 4.74 Å². The van der Waals surface area contributed by atoms with Crippen LogP contribution in [0.15, 0.2) is 54.6 Å². The first-order valence-corrected chi connectivity index (χ1v) is 8.15. The number of carbonyl (C=O) groups excluding carboxylic acids is 3. The van der Waals surface area contributed by atoms with Gasteiger partial charge in [0.15, 0.2) is 0 Å². The van der Waals surface area contributed by atoms with E-state index in [0.29, 0.717) is 29.8 Å². The number of nitrogens with zero attached hydrogens (tertiary/aromatic N) is 2. The van der Waals surface area contributed by atoms with E-state index in [0.717, 1.165) is 4.90 Å². The molecule has 0 radical (unpaired) electrons. The van der Waals surface area contributed by atoms with Crippen molar-refractivity contribution >= 4 is 23.6 Å². The summed E-state index contributed by atoms with van der Waals surface area (Å²) in [5.41, 5.74) is -0.517. The number of esters is 1. The molecule has 6 heteroatoms. The third-order valence-electron chi connectivity index (χ3n) is 4.51. The summed E-state index contributed by atoms with van der Waals surface area (Å²) < 4.78 is 5.55. The van der Waals surface area contributed by atoms with Gasteiger partial charge >= 0.3 is 17.9 Å². The Morgan fingerprint density at radius 2 is 1.64 bits per heavy atom. The molecule has 2 heterocycles. The monoisotopic (exact) mass is 336 g/mol. The molecule has 1 fully saturated rings. The van der Waals surface area contributed by atoms with E-state index in [9.17, 15) is 14.4 Å². The third-order valence-corrected chi connectivity index (χ3v) is 4.51. The minimum atomic E-state index is -1.71. The van der Waals surface area contributed by atoms with E-state index in [-0.39, 0.29) is 0 Å². The molecule has 2 aromatic carbocycles. The molecule has 4 rings (SSSR count). The lowest BCUT2D eigenvalue weighted by Gasteiger charge is -2.30. The number of imide groups is 1. The highest BCUT2D eigenvalue weighted by Gasteiger charge is 2.65. The average molecular weight is 336 g/mol. The Morgan fingerprint density at radius 1 is 0.960 bits per heavy atom. The largest absolute Gasteiger partial charge is 0.421 e. The average Bonchev–Trinajstić information content (AvgIpc) is 3.04. The van der Waals surface area contributed by atoms with Crippen molar-refractivity contribution in [1.82, 2.24) is 4.90 Å². The Bertz CT molecular complexity index is 880. The van der Waals surface area contributed by atoms with Crippen LogP contribution in [0.1, 0.15) is 29.3 Å². The molecule has 1 atom stereocenters. The quantitative estimate of drug-likeness (QED) is 0.638. The van der Waals surface area contributed by atoms with Crippen LogP contribution in [0.4, 0.5) is 10.5 Å². The first-order valence-electron chi connectivity index (χ1n) is 8.15. The Balaban J connectivity index is 1.92. The number of urea groups is 1. The van der Waals surface area contributed by atoms with Crippen molar-refractivity contribution in [2.24, 2.45) is 0 Å². The Kier molecular flexibility index (Phi) is 3.35. The summed E-state index contributed by atoms with van der Waals surface area (Å²) in [6, 6.07) is 14.9. The fraction of sp³-hybridized carbons (Fsp3) is 0.211. The molecule has 126 valence electrons. The highest BCUT2D eigenvalue weighted by Crippen LogP contribution is 2.46. The summed E-state index contributed by atoms with van der Waals surface area (Å²) >= 11 is 0. The van der Waals surface area contributed by atoms with Gasteiger partial charge in [-0.15, -0.1) is 0 Å². The number of rotatable bonds is 3. The van der Waals surface area contributed by atoms with Gasteiger partial charge < -0.3 is 4.74 Å². The van der Waals surface area contributed by atoms with E-state index in [1.807, 2.05) is 6.92 Å². The zero-order valence-corrected chi connectivity index (χ0v) is 13.6.